The van der Waals surface area contributed by atoms with Gasteiger partial charge in [-0.3, -0.25) is 9.59 Å². The van der Waals surface area contributed by atoms with Crippen LogP contribution in [0.25, 0.3) is 0 Å². The molecule has 21 heavy (non-hydrogen) atoms. The lowest BCUT2D eigenvalue weighted by Crippen LogP contribution is -2.32. The first-order chi connectivity index (χ1) is 9.56. The highest BCUT2D eigenvalue weighted by Gasteiger charge is 2.22. The fraction of sp³-hybridized carbons (Fsp3) is 0.467. The average molecular weight is 312 g/mol. The molecule has 0 spiro atoms. The Labute approximate surface area is 131 Å². The molecule has 0 radical (unpaired) electrons. The standard InChI is InChI=1S/C15H21N3O2.ClH/c1-2-10-12(18-8-4-3-5-9-18)7-6-11(14(16)19)13(10)15(17)20;/h6-7H,2-5,8-9H2,1H3,(H2,16,19)(H2,17,20);1H. The molecule has 2 rings (SSSR count). The summed E-state index contributed by atoms with van der Waals surface area (Å²) in [4.78, 5) is 25.5. The van der Waals surface area contributed by atoms with Gasteiger partial charge in [-0.15, -0.1) is 12.4 Å². The Morgan fingerprint density at radius 3 is 2.19 bits per heavy atom. The first-order valence-electron chi connectivity index (χ1n) is 7.06. The van der Waals surface area contributed by atoms with Crippen molar-refractivity contribution in [1.29, 1.82) is 0 Å². The SMILES string of the molecule is CCc1c(N2CCCCC2)ccc(C(N)=O)c1C(N)=O.Cl. The summed E-state index contributed by atoms with van der Waals surface area (Å²) in [6.45, 7) is 3.90. The molecule has 6 heteroatoms. The number of benzene rings is 1. The van der Waals surface area contributed by atoms with E-state index in [-0.39, 0.29) is 23.5 Å². The van der Waals surface area contributed by atoms with Crippen LogP contribution in [0.2, 0.25) is 0 Å². The van der Waals surface area contributed by atoms with Gasteiger partial charge in [-0.1, -0.05) is 6.92 Å². The van der Waals surface area contributed by atoms with E-state index in [0.29, 0.717) is 6.42 Å². The predicted molar refractivity (Wildman–Crippen MR) is 86.2 cm³/mol. The number of hydrogen-bond donors (Lipinski definition) is 2. The van der Waals surface area contributed by atoms with Crippen molar-refractivity contribution in [2.24, 2.45) is 11.5 Å². The third-order valence-electron chi connectivity index (χ3n) is 3.85. The van der Waals surface area contributed by atoms with Gasteiger partial charge in [-0.25, -0.2) is 0 Å². The number of nitrogens with zero attached hydrogens (tertiary/aromatic N) is 1. The Kier molecular flexibility index (Phi) is 6.03. The number of hydrogen-bond acceptors (Lipinski definition) is 3. The summed E-state index contributed by atoms with van der Waals surface area (Å²) in [6.07, 6.45) is 4.17. The van der Waals surface area contributed by atoms with E-state index in [0.717, 1.165) is 37.2 Å². The summed E-state index contributed by atoms with van der Waals surface area (Å²) in [5.41, 5.74) is 13.1. The zero-order valence-corrected chi connectivity index (χ0v) is 13.0. The molecule has 1 aromatic carbocycles. The Balaban J connectivity index is 0.00000220. The molecule has 2 amide bonds. The van der Waals surface area contributed by atoms with Crippen molar-refractivity contribution in [2.45, 2.75) is 32.6 Å². The third-order valence-corrected chi connectivity index (χ3v) is 3.85. The van der Waals surface area contributed by atoms with Crippen molar-refractivity contribution in [3.63, 3.8) is 0 Å². The van der Waals surface area contributed by atoms with Gasteiger partial charge in [0.1, 0.15) is 0 Å². The Morgan fingerprint density at radius 2 is 1.71 bits per heavy atom. The number of rotatable bonds is 4. The molecule has 1 saturated heterocycles. The van der Waals surface area contributed by atoms with Gasteiger partial charge in [0, 0.05) is 18.8 Å². The first kappa shape index (κ1) is 17.3. The van der Waals surface area contributed by atoms with Crippen LogP contribution in [0.3, 0.4) is 0 Å². The molecule has 1 heterocycles. The van der Waals surface area contributed by atoms with Crippen LogP contribution < -0.4 is 16.4 Å². The molecular weight excluding hydrogens is 290 g/mol. The maximum absolute atomic E-state index is 11.7. The number of carbonyl (C=O) groups is 2. The van der Waals surface area contributed by atoms with Crippen LogP contribution in [-0.4, -0.2) is 24.9 Å². The lowest BCUT2D eigenvalue weighted by atomic mass is 9.94. The average Bonchev–Trinajstić information content (AvgIpc) is 2.46. The van der Waals surface area contributed by atoms with Gasteiger partial charge in [-0.2, -0.15) is 0 Å². The molecule has 0 unspecified atom stereocenters. The fourth-order valence-corrected chi connectivity index (χ4v) is 2.91. The minimum absolute atomic E-state index is 0. The second-order valence-electron chi connectivity index (χ2n) is 5.12. The molecule has 1 aromatic rings. The van der Waals surface area contributed by atoms with Crippen LogP contribution in [-0.2, 0) is 6.42 Å². The van der Waals surface area contributed by atoms with Crippen molar-refractivity contribution in [1.82, 2.24) is 0 Å². The number of primary amides is 2. The molecule has 0 aliphatic carbocycles. The van der Waals surface area contributed by atoms with Crippen LogP contribution in [0, 0.1) is 0 Å². The minimum atomic E-state index is -0.612. The van der Waals surface area contributed by atoms with E-state index in [1.54, 1.807) is 6.07 Å². The molecule has 1 fully saturated rings. The highest BCUT2D eigenvalue weighted by molar-refractivity contribution is 6.08. The molecule has 0 aromatic heterocycles. The molecule has 1 aliphatic heterocycles. The Morgan fingerprint density at radius 1 is 1.10 bits per heavy atom. The van der Waals surface area contributed by atoms with E-state index in [1.807, 2.05) is 13.0 Å². The highest BCUT2D eigenvalue weighted by atomic mass is 35.5. The smallest absolute Gasteiger partial charge is 0.249 e. The van der Waals surface area contributed by atoms with Crippen LogP contribution >= 0.6 is 12.4 Å². The fourth-order valence-electron chi connectivity index (χ4n) is 2.91. The largest absolute Gasteiger partial charge is 0.371 e. The van der Waals surface area contributed by atoms with E-state index in [9.17, 15) is 9.59 Å². The molecule has 0 saturated carbocycles. The van der Waals surface area contributed by atoms with Gasteiger partial charge in [0.15, 0.2) is 0 Å². The topological polar surface area (TPSA) is 89.4 Å². The second-order valence-corrected chi connectivity index (χ2v) is 5.12. The zero-order valence-electron chi connectivity index (χ0n) is 12.2. The van der Waals surface area contributed by atoms with Gasteiger partial charge in [0.05, 0.1) is 11.1 Å². The Hall–Kier alpha value is -1.75. The van der Waals surface area contributed by atoms with Crippen molar-refractivity contribution in [2.75, 3.05) is 18.0 Å². The summed E-state index contributed by atoms with van der Waals surface area (Å²) in [5, 5.41) is 0. The van der Waals surface area contributed by atoms with E-state index < -0.39 is 11.8 Å². The number of nitrogens with two attached hydrogens (primary N) is 2. The lowest BCUT2D eigenvalue weighted by molar-refractivity contribution is 0.0966. The number of amides is 2. The molecule has 116 valence electrons. The summed E-state index contributed by atoms with van der Waals surface area (Å²) >= 11 is 0. The zero-order chi connectivity index (χ0) is 14.7. The van der Waals surface area contributed by atoms with Crippen molar-refractivity contribution < 1.29 is 9.59 Å². The quantitative estimate of drug-likeness (QED) is 0.889. The number of piperidine rings is 1. The second kappa shape index (κ2) is 7.31. The molecule has 4 N–H and O–H groups in total. The Bertz CT molecular complexity index is 540. The molecule has 5 nitrogen and oxygen atoms in total. The van der Waals surface area contributed by atoms with Gasteiger partial charge < -0.3 is 16.4 Å². The number of anilines is 1. The lowest BCUT2D eigenvalue weighted by Gasteiger charge is -2.31. The van der Waals surface area contributed by atoms with Crippen molar-refractivity contribution in [3.05, 3.63) is 28.8 Å². The molecule has 0 bridgehead atoms. The third kappa shape index (κ3) is 3.47. The normalized spacial score (nSPS) is 14.4. The summed E-state index contributed by atoms with van der Waals surface area (Å²) in [6, 6.07) is 3.50. The van der Waals surface area contributed by atoms with E-state index in [4.69, 9.17) is 11.5 Å². The first-order valence-corrected chi connectivity index (χ1v) is 7.06. The van der Waals surface area contributed by atoms with Crippen LogP contribution in [0.15, 0.2) is 12.1 Å². The van der Waals surface area contributed by atoms with E-state index in [2.05, 4.69) is 4.90 Å². The van der Waals surface area contributed by atoms with Crippen LogP contribution in [0.4, 0.5) is 5.69 Å². The number of carbonyl (C=O) groups excluding carboxylic acids is 2. The molecular formula is C15H22ClN3O2. The van der Waals surface area contributed by atoms with Gasteiger partial charge in [0.2, 0.25) is 11.8 Å². The highest BCUT2D eigenvalue weighted by Crippen LogP contribution is 2.29. The van der Waals surface area contributed by atoms with Crippen molar-refractivity contribution in [3.8, 4) is 0 Å². The summed E-state index contributed by atoms with van der Waals surface area (Å²) in [5.74, 6) is -1.20. The minimum Gasteiger partial charge on any atom is -0.371 e. The monoisotopic (exact) mass is 311 g/mol. The van der Waals surface area contributed by atoms with Crippen LogP contribution in [0.5, 0.6) is 0 Å². The van der Waals surface area contributed by atoms with E-state index >= 15 is 0 Å². The maximum atomic E-state index is 11.7. The summed E-state index contributed by atoms with van der Waals surface area (Å²) < 4.78 is 0. The van der Waals surface area contributed by atoms with Crippen LogP contribution in [0.1, 0.15) is 52.5 Å². The molecule has 1 aliphatic rings. The maximum Gasteiger partial charge on any atom is 0.249 e. The van der Waals surface area contributed by atoms with Gasteiger partial charge >= 0.3 is 0 Å². The van der Waals surface area contributed by atoms with Gasteiger partial charge in [-0.05, 0) is 43.4 Å². The van der Waals surface area contributed by atoms with Crippen molar-refractivity contribution >= 4 is 29.9 Å². The number of halogens is 1. The van der Waals surface area contributed by atoms with Gasteiger partial charge in [0.25, 0.3) is 0 Å². The predicted octanol–water partition coefficient (Wildman–Crippen LogP) is 1.86. The van der Waals surface area contributed by atoms with E-state index in [1.165, 1.54) is 6.42 Å². The summed E-state index contributed by atoms with van der Waals surface area (Å²) in [7, 11) is 0. The molecule has 0 atom stereocenters.